The SMILES string of the molecule is CCCCCCCC(=O)N[C@@H](CCN)C(=O)N[C@H](C(=O)N[C@@H](CCN)C(=O)N[C@H]1CCNC(=O)[C@H]([C@@H](C)O)NC(=O)[C@H](CCN)NC(=O)[C@H](CCN)NC(=O)C(Cc2ccc(Br)cc2)NC(=O)[C@@H](CC(C)C)NC(=O)[C@@H](CCN)NC1=O)[C@H](C)O. The molecule has 1 heterocycles. The molecule has 1 aromatic rings. The summed E-state index contributed by atoms with van der Waals surface area (Å²) in [6.07, 6.45) is -0.0241. The number of hydrogen-bond donors (Lipinski definition) is 18. The third-order valence-electron chi connectivity index (χ3n) is 13.8. The Morgan fingerprint density at radius 3 is 1.56 bits per heavy atom. The number of unbranched alkanes of at least 4 members (excludes halogenated alkanes) is 4. The molecule has 0 bridgehead atoms. The van der Waals surface area contributed by atoms with Crippen LogP contribution in [0.1, 0.15) is 124 Å². The predicted octanol–water partition coefficient (Wildman–Crippen LogP) is -4.73. The van der Waals surface area contributed by atoms with Crippen LogP contribution in [0, 0.1) is 5.92 Å². The van der Waals surface area contributed by atoms with Gasteiger partial charge in [0, 0.05) is 23.9 Å². The second-order valence-corrected chi connectivity index (χ2v) is 22.5. The molecule has 0 saturated carbocycles. The molecule has 12 atom stereocenters. The van der Waals surface area contributed by atoms with E-state index in [9.17, 15) is 63.0 Å². The van der Waals surface area contributed by atoms with Gasteiger partial charge in [-0.2, -0.15) is 0 Å². The Balaban J connectivity index is 2.68. The molecule has 2 rings (SSSR count). The third-order valence-corrected chi connectivity index (χ3v) is 14.3. The third kappa shape index (κ3) is 27.2. The molecule has 1 fully saturated rings. The molecular formula is C55H95BrN16O13. The number of nitrogens with one attached hydrogen (secondary N) is 11. The maximum Gasteiger partial charge on any atom is 0.245 e. The van der Waals surface area contributed by atoms with Gasteiger partial charge in [-0.1, -0.05) is 74.5 Å². The number of amides is 11. The van der Waals surface area contributed by atoms with E-state index in [1.165, 1.54) is 13.8 Å². The highest BCUT2D eigenvalue weighted by molar-refractivity contribution is 9.10. The summed E-state index contributed by atoms with van der Waals surface area (Å²) in [4.78, 5) is 154. The van der Waals surface area contributed by atoms with E-state index in [1.54, 1.807) is 38.1 Å². The molecule has 480 valence electrons. The number of hydrogen-bond acceptors (Lipinski definition) is 18. The first kappa shape index (κ1) is 74.7. The molecule has 1 aromatic carbocycles. The summed E-state index contributed by atoms with van der Waals surface area (Å²) < 4.78 is 0.720. The Kier molecular flexibility index (Phi) is 35.2. The van der Waals surface area contributed by atoms with Gasteiger partial charge in [-0.15, -0.1) is 0 Å². The second-order valence-electron chi connectivity index (χ2n) is 21.6. The maximum atomic E-state index is 14.5. The molecular weight excluding hydrogens is 1170 g/mol. The first-order chi connectivity index (χ1) is 40.3. The van der Waals surface area contributed by atoms with Crippen LogP contribution in [0.15, 0.2) is 28.7 Å². The Labute approximate surface area is 505 Å². The molecule has 85 heavy (non-hydrogen) atoms. The number of benzene rings is 1. The molecule has 1 saturated heterocycles. The van der Waals surface area contributed by atoms with Crippen molar-refractivity contribution < 1.29 is 63.0 Å². The van der Waals surface area contributed by atoms with Crippen molar-refractivity contribution >= 4 is 80.9 Å². The van der Waals surface area contributed by atoms with E-state index in [4.69, 9.17) is 28.7 Å². The molecule has 1 unspecified atom stereocenters. The van der Waals surface area contributed by atoms with E-state index in [0.717, 1.165) is 30.2 Å². The topological polar surface area (TPSA) is 491 Å². The first-order valence-electron chi connectivity index (χ1n) is 29.3. The zero-order valence-corrected chi connectivity index (χ0v) is 51.2. The van der Waals surface area contributed by atoms with Gasteiger partial charge in [0.2, 0.25) is 65.0 Å². The van der Waals surface area contributed by atoms with E-state index in [2.05, 4.69) is 81.3 Å². The Bertz CT molecular complexity index is 2330. The molecule has 30 heteroatoms. The fourth-order valence-corrected chi connectivity index (χ4v) is 9.30. The van der Waals surface area contributed by atoms with Gasteiger partial charge in [0.15, 0.2) is 0 Å². The number of aliphatic hydroxyl groups is 2. The maximum absolute atomic E-state index is 14.5. The van der Waals surface area contributed by atoms with Gasteiger partial charge in [0.1, 0.15) is 60.4 Å². The number of carbonyl (C=O) groups excluding carboxylic acids is 11. The summed E-state index contributed by atoms with van der Waals surface area (Å²) in [5.41, 5.74) is 29.9. The van der Waals surface area contributed by atoms with Gasteiger partial charge >= 0.3 is 0 Å². The number of nitrogens with two attached hydrogens (primary N) is 5. The Hall–Kier alpha value is -6.41. The molecule has 23 N–H and O–H groups in total. The highest BCUT2D eigenvalue weighted by Crippen LogP contribution is 2.15. The van der Waals surface area contributed by atoms with E-state index < -0.39 is 151 Å². The highest BCUT2D eigenvalue weighted by Gasteiger charge is 2.37. The zero-order valence-electron chi connectivity index (χ0n) is 49.6. The lowest BCUT2D eigenvalue weighted by Crippen LogP contribution is -2.62. The van der Waals surface area contributed by atoms with Crippen LogP contribution in [0.25, 0.3) is 0 Å². The van der Waals surface area contributed by atoms with Gasteiger partial charge in [-0.3, -0.25) is 52.7 Å². The standard InChI is InChI=1S/C55H95BrN16O13/c1-6-7-8-9-10-11-43(75)63-35(16-22-57)50(80)72-45(32(5)74)55(85)68-38(19-25-60)47(77)67-40-21-27-62-54(84)44(31(4)73)71-51(81)39(20-26-61)65-46(76)36(17-23-58)66-53(83)42(29-33-12-14-34(56)15-13-33)70-52(82)41(28-30(2)3)69-48(78)37(18-24-59)64-49(40)79/h12-15,30-32,35-42,44-45,73-74H,6-11,16-29,57-61H2,1-5H3,(H,62,84)(H,63,75)(H,64,79)(H,65,76)(H,66,83)(H,67,77)(H,68,85)(H,69,78)(H,70,82)(H,71,81)(H,72,80)/t31-,32+,35+,36+,37-,38+,39+,40+,41-,42?,44+,45+/m1/s1. The molecule has 29 nitrogen and oxygen atoms in total. The normalized spacial score (nSPS) is 22.5. The number of rotatable bonds is 29. The quantitative estimate of drug-likeness (QED) is 0.0335. The minimum Gasteiger partial charge on any atom is -0.391 e. The van der Waals surface area contributed by atoms with Crippen molar-refractivity contribution in [2.45, 2.75) is 197 Å². The van der Waals surface area contributed by atoms with Gasteiger partial charge in [-0.25, -0.2) is 0 Å². The second kappa shape index (κ2) is 40.1. The largest absolute Gasteiger partial charge is 0.391 e. The summed E-state index contributed by atoms with van der Waals surface area (Å²) in [6.45, 7) is 6.83. The monoisotopic (exact) mass is 1270 g/mol. The van der Waals surface area contributed by atoms with Gasteiger partial charge in [-0.05, 0) is 122 Å². The van der Waals surface area contributed by atoms with Crippen molar-refractivity contribution in [2.24, 2.45) is 34.6 Å². The van der Waals surface area contributed by atoms with Crippen molar-refractivity contribution in [3.05, 3.63) is 34.3 Å². The average Bonchev–Trinajstić information content (AvgIpc) is 3.66. The Morgan fingerprint density at radius 1 is 0.576 bits per heavy atom. The number of aliphatic hydroxyl groups excluding tert-OH is 2. The van der Waals surface area contributed by atoms with Crippen LogP contribution in [0.3, 0.4) is 0 Å². The van der Waals surface area contributed by atoms with Crippen LogP contribution in [-0.4, -0.2) is 187 Å². The summed E-state index contributed by atoms with van der Waals surface area (Å²) in [6, 6.07) is -8.00. The lowest BCUT2D eigenvalue weighted by molar-refractivity contribution is -0.137. The summed E-state index contributed by atoms with van der Waals surface area (Å²) in [5, 5.41) is 49.6. The van der Waals surface area contributed by atoms with E-state index in [-0.39, 0.29) is 90.0 Å². The first-order valence-corrected chi connectivity index (χ1v) is 30.0. The van der Waals surface area contributed by atoms with Crippen molar-refractivity contribution in [2.75, 3.05) is 39.3 Å². The molecule has 11 amide bonds. The van der Waals surface area contributed by atoms with E-state index >= 15 is 0 Å². The fraction of sp³-hybridized carbons (Fsp3) is 0.691. The summed E-state index contributed by atoms with van der Waals surface area (Å²) in [5.74, 6) is -10.0. The lowest BCUT2D eigenvalue weighted by Gasteiger charge is -2.29. The average molecular weight is 1270 g/mol. The lowest BCUT2D eigenvalue weighted by atomic mass is 10.00. The number of carbonyl (C=O) groups is 11. The van der Waals surface area contributed by atoms with Crippen LogP contribution in [0.5, 0.6) is 0 Å². The van der Waals surface area contributed by atoms with Crippen LogP contribution < -0.4 is 87.2 Å². The smallest absolute Gasteiger partial charge is 0.245 e. The van der Waals surface area contributed by atoms with Crippen LogP contribution >= 0.6 is 15.9 Å². The molecule has 1 aliphatic rings. The van der Waals surface area contributed by atoms with Crippen LogP contribution in [-0.2, 0) is 59.2 Å². The molecule has 0 radical (unpaired) electrons. The molecule has 0 aromatic heterocycles. The zero-order chi connectivity index (χ0) is 63.8. The Morgan fingerprint density at radius 2 is 1.06 bits per heavy atom. The van der Waals surface area contributed by atoms with Crippen molar-refractivity contribution in [3.8, 4) is 0 Å². The van der Waals surface area contributed by atoms with Gasteiger partial charge < -0.3 is 97.4 Å². The van der Waals surface area contributed by atoms with E-state index in [1.807, 2.05) is 0 Å². The van der Waals surface area contributed by atoms with Crippen molar-refractivity contribution in [1.82, 2.24) is 58.5 Å². The molecule has 1 aliphatic heterocycles. The van der Waals surface area contributed by atoms with Crippen molar-refractivity contribution in [3.63, 3.8) is 0 Å². The summed E-state index contributed by atoms with van der Waals surface area (Å²) >= 11 is 3.38. The van der Waals surface area contributed by atoms with Gasteiger partial charge in [0.25, 0.3) is 0 Å². The molecule has 0 aliphatic carbocycles. The van der Waals surface area contributed by atoms with Gasteiger partial charge in [0.05, 0.1) is 12.2 Å². The minimum absolute atomic E-state index is 0.0140. The number of halogens is 1. The van der Waals surface area contributed by atoms with E-state index in [0.29, 0.717) is 12.0 Å². The highest BCUT2D eigenvalue weighted by atomic mass is 79.9. The van der Waals surface area contributed by atoms with Crippen LogP contribution in [0.2, 0.25) is 0 Å². The van der Waals surface area contributed by atoms with Crippen LogP contribution in [0.4, 0.5) is 0 Å². The predicted molar refractivity (Wildman–Crippen MR) is 319 cm³/mol. The summed E-state index contributed by atoms with van der Waals surface area (Å²) in [7, 11) is 0. The molecule has 0 spiro atoms. The minimum atomic E-state index is -1.70. The fourth-order valence-electron chi connectivity index (χ4n) is 9.03. The van der Waals surface area contributed by atoms with Crippen molar-refractivity contribution in [1.29, 1.82) is 0 Å².